The van der Waals surface area contributed by atoms with Crippen molar-refractivity contribution in [2.24, 2.45) is 0 Å². The molecule has 0 amide bonds. The Morgan fingerprint density at radius 3 is 2.88 bits per heavy atom. The number of benzene rings is 2. The molecule has 0 fully saturated rings. The first-order chi connectivity index (χ1) is 11.6. The Balaban J connectivity index is 1.89. The number of nitrogens with one attached hydrogen (secondary N) is 1. The van der Waals surface area contributed by atoms with Crippen LogP contribution in [0, 0.1) is 10.1 Å². The van der Waals surface area contributed by atoms with Crippen LogP contribution in [0.2, 0.25) is 0 Å². The smallest absolute Gasteiger partial charge is 0.269 e. The minimum atomic E-state index is -0.437. The van der Waals surface area contributed by atoms with Gasteiger partial charge in [-0.25, -0.2) is 9.97 Å². The lowest BCUT2D eigenvalue weighted by Crippen LogP contribution is -2.03. The third-order valence-electron chi connectivity index (χ3n) is 3.52. The lowest BCUT2D eigenvalue weighted by molar-refractivity contribution is -0.384. The molecule has 0 spiro atoms. The fourth-order valence-electron chi connectivity index (χ4n) is 2.34. The molecule has 24 heavy (non-hydrogen) atoms. The number of hydrogen-bond acceptors (Lipinski definition) is 7. The zero-order valence-corrected chi connectivity index (χ0v) is 12.8. The Morgan fingerprint density at radius 2 is 2.12 bits per heavy atom. The molecule has 2 N–H and O–H groups in total. The standard InChI is InChI=1S/C16H14N4O4/c1-24-15-7-13-12(6-14(15)21)16(19-9-18-13)17-8-10-3-2-4-11(5-10)20(22)23/h2-7,9,21H,8H2,1H3,(H,17,18,19). The van der Waals surface area contributed by atoms with Gasteiger partial charge in [-0.1, -0.05) is 12.1 Å². The van der Waals surface area contributed by atoms with Crippen molar-refractivity contribution in [2.75, 3.05) is 12.4 Å². The van der Waals surface area contributed by atoms with Crippen LogP contribution >= 0.6 is 0 Å². The summed E-state index contributed by atoms with van der Waals surface area (Å²) >= 11 is 0. The maximum atomic E-state index is 10.8. The molecule has 0 radical (unpaired) electrons. The molecule has 0 saturated heterocycles. The third-order valence-corrected chi connectivity index (χ3v) is 3.52. The van der Waals surface area contributed by atoms with Crippen LogP contribution in [0.5, 0.6) is 11.5 Å². The van der Waals surface area contributed by atoms with Crippen LogP contribution in [0.15, 0.2) is 42.7 Å². The quantitative estimate of drug-likeness (QED) is 0.548. The van der Waals surface area contributed by atoms with E-state index in [0.717, 1.165) is 5.56 Å². The van der Waals surface area contributed by atoms with Gasteiger partial charge in [0.2, 0.25) is 0 Å². The van der Waals surface area contributed by atoms with Gasteiger partial charge in [0.25, 0.3) is 5.69 Å². The summed E-state index contributed by atoms with van der Waals surface area (Å²) in [5.41, 5.74) is 1.39. The van der Waals surface area contributed by atoms with Crippen LogP contribution < -0.4 is 10.1 Å². The molecular formula is C16H14N4O4. The summed E-state index contributed by atoms with van der Waals surface area (Å²) in [4.78, 5) is 18.7. The van der Waals surface area contributed by atoms with Gasteiger partial charge in [0.05, 0.1) is 17.5 Å². The number of phenols is 1. The number of rotatable bonds is 5. The van der Waals surface area contributed by atoms with Gasteiger partial charge >= 0.3 is 0 Å². The number of methoxy groups -OCH3 is 1. The van der Waals surface area contributed by atoms with Crippen LogP contribution in [0.4, 0.5) is 11.5 Å². The number of aromatic nitrogens is 2. The second-order valence-electron chi connectivity index (χ2n) is 5.04. The van der Waals surface area contributed by atoms with Gasteiger partial charge in [0.15, 0.2) is 11.5 Å². The number of aromatic hydroxyl groups is 1. The number of non-ortho nitro benzene ring substituents is 1. The van der Waals surface area contributed by atoms with Gasteiger partial charge in [-0.05, 0) is 11.6 Å². The Morgan fingerprint density at radius 1 is 1.29 bits per heavy atom. The first-order valence-corrected chi connectivity index (χ1v) is 7.07. The highest BCUT2D eigenvalue weighted by atomic mass is 16.6. The molecule has 0 atom stereocenters. The fraction of sp³-hybridized carbons (Fsp3) is 0.125. The number of nitro groups is 1. The SMILES string of the molecule is COc1cc2ncnc(NCc3cccc([N+](=O)[O-])c3)c2cc1O. The summed E-state index contributed by atoms with van der Waals surface area (Å²) in [6.45, 7) is 0.348. The van der Waals surface area contributed by atoms with Crippen LogP contribution in [0.3, 0.4) is 0 Å². The molecule has 8 nitrogen and oxygen atoms in total. The maximum Gasteiger partial charge on any atom is 0.269 e. The summed E-state index contributed by atoms with van der Waals surface area (Å²) < 4.78 is 5.06. The molecule has 1 aromatic heterocycles. The summed E-state index contributed by atoms with van der Waals surface area (Å²) in [6.07, 6.45) is 1.40. The van der Waals surface area contributed by atoms with Crippen molar-refractivity contribution >= 4 is 22.4 Å². The average Bonchev–Trinajstić information content (AvgIpc) is 2.59. The highest BCUT2D eigenvalue weighted by Crippen LogP contribution is 2.32. The predicted molar refractivity (Wildman–Crippen MR) is 88.2 cm³/mol. The highest BCUT2D eigenvalue weighted by molar-refractivity contribution is 5.91. The summed E-state index contributed by atoms with van der Waals surface area (Å²) in [6, 6.07) is 9.48. The van der Waals surface area contributed by atoms with Gasteiger partial charge in [0.1, 0.15) is 12.1 Å². The van der Waals surface area contributed by atoms with Crippen LogP contribution in [-0.2, 0) is 6.54 Å². The van der Waals surface area contributed by atoms with Gasteiger partial charge in [0, 0.05) is 30.1 Å². The van der Waals surface area contributed by atoms with E-state index in [1.807, 2.05) is 0 Å². The van der Waals surface area contributed by atoms with E-state index in [9.17, 15) is 15.2 Å². The topological polar surface area (TPSA) is 110 Å². The average molecular weight is 326 g/mol. The number of nitro benzene ring substituents is 1. The molecule has 0 aliphatic rings. The highest BCUT2D eigenvalue weighted by Gasteiger charge is 2.10. The molecule has 1 heterocycles. The minimum Gasteiger partial charge on any atom is -0.504 e. The van der Waals surface area contributed by atoms with Crippen molar-refractivity contribution in [3.8, 4) is 11.5 Å². The van der Waals surface area contributed by atoms with E-state index in [1.165, 1.54) is 31.6 Å². The summed E-state index contributed by atoms with van der Waals surface area (Å²) in [5, 5.41) is 24.5. The van der Waals surface area contributed by atoms with Crippen molar-refractivity contribution in [1.82, 2.24) is 9.97 Å². The lowest BCUT2D eigenvalue weighted by Gasteiger charge is -2.10. The first-order valence-electron chi connectivity index (χ1n) is 7.07. The van der Waals surface area contributed by atoms with Crippen molar-refractivity contribution in [1.29, 1.82) is 0 Å². The molecule has 2 aromatic carbocycles. The number of nitrogens with zero attached hydrogens (tertiary/aromatic N) is 3. The Hall–Kier alpha value is -3.42. The van der Waals surface area contributed by atoms with Crippen LogP contribution in [-0.4, -0.2) is 27.1 Å². The zero-order valence-electron chi connectivity index (χ0n) is 12.8. The molecule has 0 unspecified atom stereocenters. The zero-order chi connectivity index (χ0) is 17.1. The summed E-state index contributed by atoms with van der Waals surface area (Å²) in [7, 11) is 1.46. The van der Waals surface area contributed by atoms with Crippen molar-refractivity contribution in [2.45, 2.75) is 6.54 Å². The van der Waals surface area contributed by atoms with Crippen LogP contribution in [0.25, 0.3) is 10.9 Å². The first kappa shape index (κ1) is 15.5. The predicted octanol–water partition coefficient (Wildman–Crippen LogP) is 2.86. The second kappa shape index (κ2) is 6.37. The molecular weight excluding hydrogens is 312 g/mol. The van der Waals surface area contributed by atoms with Gasteiger partial charge in [-0.15, -0.1) is 0 Å². The van der Waals surface area contributed by atoms with Crippen LogP contribution in [0.1, 0.15) is 5.56 Å². The Kier molecular flexibility index (Phi) is 4.11. The molecule has 0 bridgehead atoms. The molecule has 0 saturated carbocycles. The van der Waals surface area contributed by atoms with E-state index in [4.69, 9.17) is 4.74 Å². The Labute approximate surface area is 136 Å². The van der Waals surface area contributed by atoms with E-state index in [1.54, 1.807) is 18.2 Å². The Bertz CT molecular complexity index is 914. The molecule has 3 aromatic rings. The maximum absolute atomic E-state index is 10.8. The van der Waals surface area contributed by atoms with Gasteiger partial charge in [-0.3, -0.25) is 10.1 Å². The van der Waals surface area contributed by atoms with E-state index < -0.39 is 4.92 Å². The largest absolute Gasteiger partial charge is 0.504 e. The molecule has 8 heteroatoms. The number of anilines is 1. The van der Waals surface area contributed by atoms with Crippen molar-refractivity contribution < 1.29 is 14.8 Å². The number of ether oxygens (including phenoxy) is 1. The number of hydrogen-bond donors (Lipinski definition) is 2. The van der Waals surface area contributed by atoms with E-state index >= 15 is 0 Å². The van der Waals surface area contributed by atoms with Crippen molar-refractivity contribution in [3.63, 3.8) is 0 Å². The third kappa shape index (κ3) is 3.02. The van der Waals surface area contributed by atoms with Crippen molar-refractivity contribution in [3.05, 3.63) is 58.4 Å². The number of fused-ring (bicyclic) bond motifs is 1. The monoisotopic (exact) mass is 326 g/mol. The van der Waals surface area contributed by atoms with E-state index in [-0.39, 0.29) is 11.4 Å². The molecule has 122 valence electrons. The molecule has 0 aliphatic carbocycles. The summed E-state index contributed by atoms with van der Waals surface area (Å²) in [5.74, 6) is 0.827. The minimum absolute atomic E-state index is 0.0156. The fourth-order valence-corrected chi connectivity index (χ4v) is 2.34. The lowest BCUT2D eigenvalue weighted by atomic mass is 10.2. The normalized spacial score (nSPS) is 10.5. The van der Waals surface area contributed by atoms with Gasteiger partial charge < -0.3 is 15.2 Å². The van der Waals surface area contributed by atoms with E-state index in [0.29, 0.717) is 29.0 Å². The molecule has 3 rings (SSSR count). The second-order valence-corrected chi connectivity index (χ2v) is 5.04. The number of phenolic OH excluding ortho intramolecular Hbond substituents is 1. The van der Waals surface area contributed by atoms with E-state index in [2.05, 4.69) is 15.3 Å². The van der Waals surface area contributed by atoms with Gasteiger partial charge in [-0.2, -0.15) is 0 Å². The molecule has 0 aliphatic heterocycles.